The van der Waals surface area contributed by atoms with E-state index in [-0.39, 0.29) is 13.2 Å². The molecule has 2 heterocycles. The monoisotopic (exact) mass is 376 g/mol. The second-order valence-corrected chi connectivity index (χ2v) is 7.32. The normalized spacial score (nSPS) is 25.1. The Bertz CT molecular complexity index is 807. The van der Waals surface area contributed by atoms with Gasteiger partial charge in [0, 0.05) is 25.4 Å². The van der Waals surface area contributed by atoms with Gasteiger partial charge < -0.3 is 14.0 Å². The van der Waals surface area contributed by atoms with Crippen LogP contribution in [0.4, 0.5) is 0 Å². The third-order valence-electron chi connectivity index (χ3n) is 5.12. The van der Waals surface area contributed by atoms with Gasteiger partial charge in [-0.3, -0.25) is 4.79 Å². The molecule has 1 aliphatic heterocycles. The molecule has 0 amide bonds. The Labute approximate surface area is 157 Å². The maximum absolute atomic E-state index is 12.6. The van der Waals surface area contributed by atoms with Gasteiger partial charge in [-0.25, -0.2) is 9.78 Å². The van der Waals surface area contributed by atoms with Crippen LogP contribution >= 0.6 is 11.6 Å². The van der Waals surface area contributed by atoms with Crippen LogP contribution in [0.5, 0.6) is 0 Å². The predicted molar refractivity (Wildman–Crippen MR) is 95.9 cm³/mol. The molecule has 1 aromatic heterocycles. The first-order valence-corrected chi connectivity index (χ1v) is 8.83. The van der Waals surface area contributed by atoms with Gasteiger partial charge in [0.1, 0.15) is 23.5 Å². The fourth-order valence-corrected chi connectivity index (χ4v) is 3.76. The number of alkyl halides is 1. The molecule has 2 atom stereocenters. The topological polar surface area (TPSA) is 70.4 Å². The number of nitrogens with zero attached hydrogens (tertiary/aromatic N) is 2. The second kappa shape index (κ2) is 7.11. The van der Waals surface area contributed by atoms with Crippen LogP contribution in [-0.4, -0.2) is 39.6 Å². The Morgan fingerprint density at radius 1 is 1.38 bits per heavy atom. The summed E-state index contributed by atoms with van der Waals surface area (Å²) in [6.45, 7) is 1.79. The van der Waals surface area contributed by atoms with E-state index in [0.29, 0.717) is 18.4 Å². The molecule has 0 spiro atoms. The van der Waals surface area contributed by atoms with Crippen LogP contribution in [0.2, 0.25) is 0 Å². The van der Waals surface area contributed by atoms with Crippen molar-refractivity contribution in [2.24, 2.45) is 12.5 Å². The van der Waals surface area contributed by atoms with Gasteiger partial charge in [0.2, 0.25) is 0 Å². The molecule has 0 aliphatic carbocycles. The van der Waals surface area contributed by atoms with Crippen molar-refractivity contribution in [3.05, 3.63) is 54.1 Å². The second-order valence-electron chi connectivity index (χ2n) is 6.59. The molecule has 1 aliphatic rings. The SMILES string of the molecule is CC[C@]1(COC(=O)c2ccccc2)C(=O)OC[C@@]1(Cl)Cc1cncn1C. The van der Waals surface area contributed by atoms with Gasteiger partial charge >= 0.3 is 11.9 Å². The Balaban J connectivity index is 1.83. The summed E-state index contributed by atoms with van der Waals surface area (Å²) in [5, 5.41) is 0. The largest absolute Gasteiger partial charge is 0.463 e. The number of benzene rings is 1. The van der Waals surface area contributed by atoms with Crippen molar-refractivity contribution in [1.82, 2.24) is 9.55 Å². The number of cyclic esters (lactones) is 1. The van der Waals surface area contributed by atoms with E-state index in [4.69, 9.17) is 21.1 Å². The summed E-state index contributed by atoms with van der Waals surface area (Å²) >= 11 is 6.90. The van der Waals surface area contributed by atoms with Crippen molar-refractivity contribution in [3.63, 3.8) is 0 Å². The summed E-state index contributed by atoms with van der Waals surface area (Å²) in [5.41, 5.74) is 0.200. The van der Waals surface area contributed by atoms with Crippen LogP contribution in [0.3, 0.4) is 0 Å². The van der Waals surface area contributed by atoms with Gasteiger partial charge in [0.25, 0.3) is 0 Å². The average Bonchev–Trinajstić information content (AvgIpc) is 3.15. The third-order valence-corrected chi connectivity index (χ3v) is 5.73. The molecule has 7 heteroatoms. The Morgan fingerprint density at radius 2 is 2.12 bits per heavy atom. The highest BCUT2D eigenvalue weighted by Crippen LogP contribution is 2.49. The number of rotatable bonds is 6. The Hall–Kier alpha value is -2.34. The molecule has 0 radical (unpaired) electrons. The molecular weight excluding hydrogens is 356 g/mol. The van der Waals surface area contributed by atoms with Crippen molar-refractivity contribution in [2.45, 2.75) is 24.6 Å². The highest BCUT2D eigenvalue weighted by Gasteiger charge is 2.62. The summed E-state index contributed by atoms with van der Waals surface area (Å²) in [5.74, 6) is -0.921. The van der Waals surface area contributed by atoms with Gasteiger partial charge in [-0.05, 0) is 18.6 Å². The van der Waals surface area contributed by atoms with E-state index in [2.05, 4.69) is 4.98 Å². The molecule has 0 saturated carbocycles. The molecule has 0 unspecified atom stereocenters. The van der Waals surface area contributed by atoms with E-state index < -0.39 is 22.2 Å². The zero-order chi connectivity index (χ0) is 18.8. The minimum atomic E-state index is -1.11. The zero-order valence-electron chi connectivity index (χ0n) is 14.8. The summed E-state index contributed by atoms with van der Waals surface area (Å²) < 4.78 is 12.6. The molecule has 1 saturated heterocycles. The minimum Gasteiger partial charge on any atom is -0.463 e. The fourth-order valence-electron chi connectivity index (χ4n) is 3.30. The number of hydrogen-bond acceptors (Lipinski definition) is 5. The van der Waals surface area contributed by atoms with Crippen molar-refractivity contribution in [1.29, 1.82) is 0 Å². The van der Waals surface area contributed by atoms with E-state index in [0.717, 1.165) is 5.69 Å². The standard InChI is InChI=1S/C19H21ClN2O4/c1-3-18(11-25-16(23)14-7-5-4-6-8-14)17(24)26-12-19(18,20)9-15-10-21-13-22(15)2/h4-8,10,13H,3,9,11-12H2,1-2H3/t18-,19-/m0/s1. The number of hydrogen-bond donors (Lipinski definition) is 0. The van der Waals surface area contributed by atoms with Crippen molar-refractivity contribution >= 4 is 23.5 Å². The number of esters is 2. The van der Waals surface area contributed by atoms with Crippen LogP contribution in [0.25, 0.3) is 0 Å². The zero-order valence-corrected chi connectivity index (χ0v) is 15.5. The van der Waals surface area contributed by atoms with Crippen LogP contribution in [-0.2, 0) is 27.7 Å². The van der Waals surface area contributed by atoms with E-state index in [9.17, 15) is 9.59 Å². The maximum atomic E-state index is 12.6. The quantitative estimate of drug-likeness (QED) is 0.572. The number of aromatic nitrogens is 2. The van der Waals surface area contributed by atoms with Gasteiger partial charge in [-0.15, -0.1) is 11.6 Å². The van der Waals surface area contributed by atoms with Gasteiger partial charge in [0.05, 0.1) is 11.9 Å². The summed E-state index contributed by atoms with van der Waals surface area (Å²) in [6, 6.07) is 8.65. The molecule has 1 fully saturated rings. The predicted octanol–water partition coefficient (Wildman–Crippen LogP) is 2.75. The van der Waals surface area contributed by atoms with Crippen molar-refractivity contribution < 1.29 is 19.1 Å². The highest BCUT2D eigenvalue weighted by molar-refractivity contribution is 6.27. The smallest absolute Gasteiger partial charge is 0.338 e. The lowest BCUT2D eigenvalue weighted by Crippen LogP contribution is -2.50. The van der Waals surface area contributed by atoms with E-state index in [1.807, 2.05) is 24.6 Å². The molecule has 3 rings (SSSR count). The number of carbonyl (C=O) groups is 2. The minimum absolute atomic E-state index is 0.0648. The molecule has 2 aromatic rings. The Kier molecular flexibility index (Phi) is 5.05. The lowest BCUT2D eigenvalue weighted by Gasteiger charge is -2.36. The third kappa shape index (κ3) is 3.09. The lowest BCUT2D eigenvalue weighted by atomic mass is 9.73. The first-order chi connectivity index (χ1) is 12.4. The maximum Gasteiger partial charge on any atom is 0.338 e. The van der Waals surface area contributed by atoms with E-state index >= 15 is 0 Å². The molecule has 0 N–H and O–H groups in total. The number of ether oxygens (including phenoxy) is 2. The molecule has 1 aromatic carbocycles. The number of carbonyl (C=O) groups excluding carboxylic acids is 2. The summed E-state index contributed by atoms with van der Waals surface area (Å²) in [6.07, 6.45) is 4.17. The average molecular weight is 377 g/mol. The number of halogens is 1. The van der Waals surface area contributed by atoms with Crippen LogP contribution < -0.4 is 0 Å². The molecule has 26 heavy (non-hydrogen) atoms. The number of aryl methyl sites for hydroxylation is 1. The molecular formula is C19H21ClN2O4. The van der Waals surface area contributed by atoms with Crippen molar-refractivity contribution in [3.8, 4) is 0 Å². The van der Waals surface area contributed by atoms with Gasteiger partial charge in [0.15, 0.2) is 0 Å². The molecule has 0 bridgehead atoms. The summed E-state index contributed by atoms with van der Waals surface area (Å²) in [4.78, 5) is 28.0. The van der Waals surface area contributed by atoms with Crippen molar-refractivity contribution in [2.75, 3.05) is 13.2 Å². The molecule has 138 valence electrons. The summed E-state index contributed by atoms with van der Waals surface area (Å²) in [7, 11) is 1.86. The lowest BCUT2D eigenvalue weighted by molar-refractivity contribution is -0.148. The fraction of sp³-hybridized carbons (Fsp3) is 0.421. The highest BCUT2D eigenvalue weighted by atomic mass is 35.5. The van der Waals surface area contributed by atoms with E-state index in [1.165, 1.54) is 0 Å². The number of imidazole rings is 1. The Morgan fingerprint density at radius 3 is 2.73 bits per heavy atom. The van der Waals surface area contributed by atoms with Gasteiger partial charge in [-0.2, -0.15) is 0 Å². The van der Waals surface area contributed by atoms with Crippen LogP contribution in [0.15, 0.2) is 42.9 Å². The van der Waals surface area contributed by atoms with Crippen LogP contribution in [0, 0.1) is 5.41 Å². The first kappa shape index (κ1) is 18.5. The molecule has 6 nitrogen and oxygen atoms in total. The van der Waals surface area contributed by atoms with Crippen LogP contribution in [0.1, 0.15) is 29.4 Å². The van der Waals surface area contributed by atoms with E-state index in [1.54, 1.807) is 36.8 Å². The first-order valence-electron chi connectivity index (χ1n) is 8.45. The van der Waals surface area contributed by atoms with Gasteiger partial charge in [-0.1, -0.05) is 25.1 Å².